The average molecular weight is 295 g/mol. The van der Waals surface area contributed by atoms with Crippen LogP contribution in [0.2, 0.25) is 0 Å². The molecule has 2 atom stereocenters. The lowest BCUT2D eigenvalue weighted by molar-refractivity contribution is 0.0715. The maximum absolute atomic E-state index is 12.5. The summed E-state index contributed by atoms with van der Waals surface area (Å²) in [5.74, 6) is 0.184. The van der Waals surface area contributed by atoms with E-state index in [1.54, 1.807) is 0 Å². The SMILES string of the molecule is Cc1cc(Br)ccc1C(=O)N1CC2CC1CN2. The zero-order chi connectivity index (χ0) is 12.0. The van der Waals surface area contributed by atoms with E-state index in [4.69, 9.17) is 0 Å². The fraction of sp³-hybridized carbons (Fsp3) is 0.462. The van der Waals surface area contributed by atoms with Crippen LogP contribution in [0, 0.1) is 6.92 Å². The van der Waals surface area contributed by atoms with Crippen LogP contribution in [0.1, 0.15) is 22.3 Å². The van der Waals surface area contributed by atoms with Gasteiger partial charge in [-0.1, -0.05) is 15.9 Å². The average Bonchev–Trinajstić information content (AvgIpc) is 2.89. The van der Waals surface area contributed by atoms with Gasteiger partial charge in [0.05, 0.1) is 0 Å². The molecule has 90 valence electrons. The van der Waals surface area contributed by atoms with Crippen molar-refractivity contribution < 1.29 is 4.79 Å². The molecule has 2 aliphatic heterocycles. The topological polar surface area (TPSA) is 32.3 Å². The van der Waals surface area contributed by atoms with E-state index in [0.717, 1.165) is 35.1 Å². The largest absolute Gasteiger partial charge is 0.333 e. The van der Waals surface area contributed by atoms with Crippen LogP contribution >= 0.6 is 15.9 Å². The number of fused-ring (bicyclic) bond motifs is 2. The first-order valence-corrected chi connectivity index (χ1v) is 6.75. The molecule has 3 rings (SSSR count). The minimum absolute atomic E-state index is 0.184. The summed E-state index contributed by atoms with van der Waals surface area (Å²) < 4.78 is 1.02. The second-order valence-electron chi connectivity index (χ2n) is 4.91. The van der Waals surface area contributed by atoms with Crippen LogP contribution in [0.25, 0.3) is 0 Å². The molecule has 2 aliphatic rings. The number of rotatable bonds is 1. The van der Waals surface area contributed by atoms with Gasteiger partial charge in [-0.3, -0.25) is 4.79 Å². The molecule has 0 aromatic heterocycles. The van der Waals surface area contributed by atoms with E-state index in [1.807, 2.05) is 30.0 Å². The monoisotopic (exact) mass is 294 g/mol. The molecule has 17 heavy (non-hydrogen) atoms. The van der Waals surface area contributed by atoms with E-state index in [2.05, 4.69) is 21.2 Å². The number of piperazine rings is 1. The normalized spacial score (nSPS) is 26.6. The molecule has 2 saturated heterocycles. The third kappa shape index (κ3) is 1.89. The Morgan fingerprint density at radius 2 is 2.35 bits per heavy atom. The summed E-state index contributed by atoms with van der Waals surface area (Å²) >= 11 is 3.43. The number of nitrogens with zero attached hydrogens (tertiary/aromatic N) is 1. The number of likely N-dealkylation sites (tertiary alicyclic amines) is 1. The smallest absolute Gasteiger partial charge is 0.254 e. The third-order valence-electron chi connectivity index (χ3n) is 3.74. The maximum Gasteiger partial charge on any atom is 0.254 e. The Kier molecular flexibility index (Phi) is 2.71. The number of hydrogen-bond donors (Lipinski definition) is 1. The molecule has 1 aromatic carbocycles. The van der Waals surface area contributed by atoms with Crippen molar-refractivity contribution in [3.63, 3.8) is 0 Å². The molecular formula is C13H15BrN2O. The minimum Gasteiger partial charge on any atom is -0.333 e. The molecule has 0 radical (unpaired) electrons. The second-order valence-corrected chi connectivity index (χ2v) is 5.83. The van der Waals surface area contributed by atoms with Crippen molar-refractivity contribution in [1.29, 1.82) is 0 Å². The number of halogens is 1. The summed E-state index contributed by atoms with van der Waals surface area (Å²) in [4.78, 5) is 14.5. The van der Waals surface area contributed by atoms with Gasteiger partial charge >= 0.3 is 0 Å². The summed E-state index contributed by atoms with van der Waals surface area (Å²) in [5.41, 5.74) is 1.88. The standard InChI is InChI=1S/C13H15BrN2O/c1-8-4-9(14)2-3-12(8)13(17)16-7-10-5-11(16)6-15-10/h2-4,10-11,15H,5-7H2,1H3. The number of amides is 1. The highest BCUT2D eigenvalue weighted by Crippen LogP contribution is 2.26. The van der Waals surface area contributed by atoms with Gasteiger partial charge in [-0.15, -0.1) is 0 Å². The van der Waals surface area contributed by atoms with E-state index in [9.17, 15) is 4.79 Å². The van der Waals surface area contributed by atoms with Crippen molar-refractivity contribution in [2.24, 2.45) is 0 Å². The predicted molar refractivity (Wildman–Crippen MR) is 70.1 cm³/mol. The lowest BCUT2D eigenvalue weighted by Gasteiger charge is -2.28. The molecule has 1 N–H and O–H groups in total. The van der Waals surface area contributed by atoms with E-state index < -0.39 is 0 Å². The molecule has 0 aliphatic carbocycles. The molecule has 2 fully saturated rings. The van der Waals surface area contributed by atoms with Gasteiger partial charge < -0.3 is 10.2 Å². The van der Waals surface area contributed by atoms with Crippen LogP contribution in [0.4, 0.5) is 0 Å². The summed E-state index contributed by atoms with van der Waals surface area (Å²) in [6.45, 7) is 3.80. The molecule has 1 aromatic rings. The van der Waals surface area contributed by atoms with Crippen molar-refractivity contribution in [2.75, 3.05) is 13.1 Å². The molecule has 2 unspecified atom stereocenters. The van der Waals surface area contributed by atoms with E-state index in [-0.39, 0.29) is 5.91 Å². The zero-order valence-electron chi connectivity index (χ0n) is 9.74. The van der Waals surface area contributed by atoms with Crippen molar-refractivity contribution in [3.05, 3.63) is 33.8 Å². The highest BCUT2D eigenvalue weighted by atomic mass is 79.9. The van der Waals surface area contributed by atoms with E-state index in [1.165, 1.54) is 0 Å². The van der Waals surface area contributed by atoms with Gasteiger partial charge in [0.25, 0.3) is 5.91 Å². The molecule has 1 amide bonds. The van der Waals surface area contributed by atoms with Crippen LogP contribution in [-0.4, -0.2) is 36.0 Å². The van der Waals surface area contributed by atoms with Gasteiger partial charge in [0, 0.05) is 35.2 Å². The van der Waals surface area contributed by atoms with Crippen LogP contribution in [0.5, 0.6) is 0 Å². The van der Waals surface area contributed by atoms with Crippen LogP contribution in [-0.2, 0) is 0 Å². The Bertz CT molecular complexity index is 474. The number of aryl methyl sites for hydroxylation is 1. The number of carbonyl (C=O) groups is 1. The van der Waals surface area contributed by atoms with Gasteiger partial charge in [-0.05, 0) is 37.1 Å². The van der Waals surface area contributed by atoms with E-state index >= 15 is 0 Å². The molecule has 4 heteroatoms. The first-order chi connectivity index (χ1) is 8.15. The van der Waals surface area contributed by atoms with Crippen LogP contribution in [0.15, 0.2) is 22.7 Å². The molecule has 3 nitrogen and oxygen atoms in total. The van der Waals surface area contributed by atoms with Crippen molar-refractivity contribution >= 4 is 21.8 Å². The minimum atomic E-state index is 0.184. The molecular weight excluding hydrogens is 280 g/mol. The van der Waals surface area contributed by atoms with Gasteiger partial charge in [0.15, 0.2) is 0 Å². The van der Waals surface area contributed by atoms with Crippen molar-refractivity contribution in [1.82, 2.24) is 10.2 Å². The molecule has 0 saturated carbocycles. The second kappa shape index (κ2) is 4.10. The summed E-state index contributed by atoms with van der Waals surface area (Å²) in [7, 11) is 0. The number of carbonyl (C=O) groups excluding carboxylic acids is 1. The zero-order valence-corrected chi connectivity index (χ0v) is 11.3. The summed E-state index contributed by atoms with van der Waals surface area (Å²) in [5, 5.41) is 3.41. The maximum atomic E-state index is 12.5. The Morgan fingerprint density at radius 1 is 1.53 bits per heavy atom. The number of benzene rings is 1. The van der Waals surface area contributed by atoms with E-state index in [0.29, 0.717) is 12.1 Å². The predicted octanol–water partition coefficient (Wildman–Crippen LogP) is 1.94. The first kappa shape index (κ1) is 11.2. The highest BCUT2D eigenvalue weighted by Gasteiger charge is 2.40. The lowest BCUT2D eigenvalue weighted by Crippen LogP contribution is -2.46. The molecule has 2 bridgehead atoms. The van der Waals surface area contributed by atoms with Crippen LogP contribution < -0.4 is 5.32 Å². The van der Waals surface area contributed by atoms with Gasteiger partial charge in [-0.25, -0.2) is 0 Å². The van der Waals surface area contributed by atoms with Gasteiger partial charge in [0.2, 0.25) is 0 Å². The van der Waals surface area contributed by atoms with Crippen molar-refractivity contribution in [3.8, 4) is 0 Å². The fourth-order valence-electron chi connectivity index (χ4n) is 2.83. The van der Waals surface area contributed by atoms with Gasteiger partial charge in [-0.2, -0.15) is 0 Å². The first-order valence-electron chi connectivity index (χ1n) is 5.95. The summed E-state index contributed by atoms with van der Waals surface area (Å²) in [6.07, 6.45) is 1.11. The molecule has 0 spiro atoms. The van der Waals surface area contributed by atoms with Crippen molar-refractivity contribution in [2.45, 2.75) is 25.4 Å². The summed E-state index contributed by atoms with van der Waals surface area (Å²) in [6, 6.07) is 6.77. The number of hydrogen-bond acceptors (Lipinski definition) is 2. The quantitative estimate of drug-likeness (QED) is 0.859. The fourth-order valence-corrected chi connectivity index (χ4v) is 3.31. The Balaban J connectivity index is 1.87. The third-order valence-corrected chi connectivity index (χ3v) is 4.23. The van der Waals surface area contributed by atoms with Crippen LogP contribution in [0.3, 0.4) is 0 Å². The van der Waals surface area contributed by atoms with Gasteiger partial charge in [0.1, 0.15) is 0 Å². The highest BCUT2D eigenvalue weighted by molar-refractivity contribution is 9.10. The number of nitrogens with one attached hydrogen (secondary N) is 1. The Morgan fingerprint density at radius 3 is 2.94 bits per heavy atom. The Labute approximate surface area is 109 Å². The molecule has 2 heterocycles. The lowest BCUT2D eigenvalue weighted by atomic mass is 10.1. The Hall–Kier alpha value is -0.870.